The molecule has 0 aliphatic carbocycles. The number of nitrogens with one attached hydrogen (secondary N) is 1. The van der Waals surface area contributed by atoms with Crippen molar-refractivity contribution < 1.29 is 9.53 Å². The number of halogens is 1. The fourth-order valence-corrected chi connectivity index (χ4v) is 3.88. The largest absolute Gasteiger partial charge is 0.495 e. The van der Waals surface area contributed by atoms with Crippen molar-refractivity contribution in [1.82, 2.24) is 4.90 Å². The molecule has 1 atom stereocenters. The van der Waals surface area contributed by atoms with E-state index in [0.717, 1.165) is 5.56 Å². The Morgan fingerprint density at radius 1 is 1.22 bits per heavy atom. The topological polar surface area (TPSA) is 41.6 Å². The van der Waals surface area contributed by atoms with Crippen LogP contribution in [0.3, 0.4) is 0 Å². The Balaban J connectivity index is 1.83. The molecular formula is C21H21ClN2O2S. The monoisotopic (exact) mass is 400 g/mol. The molecule has 0 radical (unpaired) electrons. The maximum absolute atomic E-state index is 13.1. The van der Waals surface area contributed by atoms with Gasteiger partial charge in [0.15, 0.2) is 0 Å². The Morgan fingerprint density at radius 2 is 2.00 bits per heavy atom. The van der Waals surface area contributed by atoms with Gasteiger partial charge in [-0.15, -0.1) is 0 Å². The van der Waals surface area contributed by atoms with Crippen molar-refractivity contribution in [3.8, 4) is 5.75 Å². The number of benzene rings is 2. The summed E-state index contributed by atoms with van der Waals surface area (Å²) in [5.74, 6) is 0.462. The van der Waals surface area contributed by atoms with Crippen LogP contribution in [0.5, 0.6) is 5.75 Å². The van der Waals surface area contributed by atoms with Crippen LogP contribution < -0.4 is 10.1 Å². The van der Waals surface area contributed by atoms with E-state index in [9.17, 15) is 4.79 Å². The summed E-state index contributed by atoms with van der Waals surface area (Å²) in [4.78, 5) is 15.2. The summed E-state index contributed by atoms with van der Waals surface area (Å²) in [6.45, 7) is 0.680. The molecule has 0 bridgehead atoms. The highest BCUT2D eigenvalue weighted by Gasteiger charge is 2.25. The summed E-state index contributed by atoms with van der Waals surface area (Å²) >= 11 is 7.83. The Bertz CT molecular complexity index is 884. The molecule has 3 rings (SSSR count). The van der Waals surface area contributed by atoms with E-state index in [0.29, 0.717) is 23.0 Å². The number of hydrogen-bond donors (Lipinski definition) is 1. The average Bonchev–Trinajstić information content (AvgIpc) is 3.16. The molecule has 27 heavy (non-hydrogen) atoms. The van der Waals surface area contributed by atoms with E-state index in [2.05, 4.69) is 16.8 Å². The molecule has 1 amide bonds. The average molecular weight is 401 g/mol. The van der Waals surface area contributed by atoms with Crippen LogP contribution in [0.2, 0.25) is 5.02 Å². The predicted octanol–water partition coefficient (Wildman–Crippen LogP) is 5.22. The number of nitrogens with zero attached hydrogens (tertiary/aromatic N) is 1. The van der Waals surface area contributed by atoms with Gasteiger partial charge in [0.25, 0.3) is 0 Å². The van der Waals surface area contributed by atoms with Gasteiger partial charge in [0, 0.05) is 12.2 Å². The number of rotatable bonds is 7. The van der Waals surface area contributed by atoms with Crippen LogP contribution in [0.15, 0.2) is 65.4 Å². The molecule has 1 heterocycles. The number of hydrogen-bond acceptors (Lipinski definition) is 4. The third-order valence-corrected chi connectivity index (χ3v) is 5.26. The third kappa shape index (κ3) is 4.89. The number of anilines is 1. The second kappa shape index (κ2) is 9.04. The van der Waals surface area contributed by atoms with Crippen LogP contribution in [0, 0.1) is 0 Å². The smallest absolute Gasteiger partial charge is 0.246 e. The summed E-state index contributed by atoms with van der Waals surface area (Å²) in [6, 6.07) is 16.6. The summed E-state index contributed by atoms with van der Waals surface area (Å²) < 4.78 is 5.17. The minimum atomic E-state index is -0.424. The molecule has 1 aromatic heterocycles. The van der Waals surface area contributed by atoms with Crippen molar-refractivity contribution in [1.29, 1.82) is 0 Å². The lowest BCUT2D eigenvalue weighted by atomic mass is 10.0. The highest BCUT2D eigenvalue weighted by Crippen LogP contribution is 2.29. The molecule has 0 spiro atoms. The number of carbonyl (C=O) groups is 1. The van der Waals surface area contributed by atoms with Crippen molar-refractivity contribution in [2.24, 2.45) is 0 Å². The maximum Gasteiger partial charge on any atom is 0.246 e. The van der Waals surface area contributed by atoms with Crippen molar-refractivity contribution in [3.05, 3.63) is 81.5 Å². The zero-order valence-corrected chi connectivity index (χ0v) is 16.8. The number of thiophene rings is 1. The molecule has 1 N–H and O–H groups in total. The van der Waals surface area contributed by atoms with Gasteiger partial charge < -0.3 is 10.1 Å². The summed E-state index contributed by atoms with van der Waals surface area (Å²) in [7, 11) is 3.51. The van der Waals surface area contributed by atoms with Gasteiger partial charge in [0.1, 0.15) is 11.8 Å². The van der Waals surface area contributed by atoms with Crippen LogP contribution in [0.4, 0.5) is 5.69 Å². The van der Waals surface area contributed by atoms with Crippen molar-refractivity contribution in [2.45, 2.75) is 12.6 Å². The number of amides is 1. The number of ether oxygens (including phenoxy) is 1. The molecule has 0 fully saturated rings. The first-order valence-corrected chi connectivity index (χ1v) is 9.81. The van der Waals surface area contributed by atoms with Gasteiger partial charge in [-0.1, -0.05) is 41.9 Å². The van der Waals surface area contributed by atoms with E-state index in [4.69, 9.17) is 16.3 Å². The van der Waals surface area contributed by atoms with Gasteiger partial charge in [0.2, 0.25) is 5.91 Å². The molecule has 2 aromatic carbocycles. The quantitative estimate of drug-likeness (QED) is 0.591. The minimum absolute atomic E-state index is 0.111. The van der Waals surface area contributed by atoms with E-state index in [-0.39, 0.29) is 5.91 Å². The molecule has 0 unspecified atom stereocenters. The Hall–Kier alpha value is -2.34. The van der Waals surface area contributed by atoms with Gasteiger partial charge in [-0.2, -0.15) is 11.3 Å². The van der Waals surface area contributed by atoms with E-state index in [1.54, 1.807) is 36.6 Å². The predicted molar refractivity (Wildman–Crippen MR) is 112 cm³/mol. The molecule has 140 valence electrons. The van der Waals surface area contributed by atoms with Gasteiger partial charge >= 0.3 is 0 Å². The first-order valence-electron chi connectivity index (χ1n) is 8.49. The molecule has 0 aliphatic rings. The third-order valence-electron chi connectivity index (χ3n) is 4.24. The van der Waals surface area contributed by atoms with E-state index < -0.39 is 6.04 Å². The lowest BCUT2D eigenvalue weighted by molar-refractivity contribution is -0.121. The van der Waals surface area contributed by atoms with E-state index >= 15 is 0 Å². The number of carbonyl (C=O) groups excluding carboxylic acids is 1. The highest BCUT2D eigenvalue weighted by atomic mass is 35.5. The van der Waals surface area contributed by atoms with Crippen LogP contribution in [-0.2, 0) is 11.3 Å². The SMILES string of the molecule is COc1ccc(NC(=O)[C@@H](c2ccccc2)N(C)Cc2ccsc2)cc1Cl. The molecule has 4 nitrogen and oxygen atoms in total. The molecule has 0 aliphatic heterocycles. The molecule has 3 aromatic rings. The van der Waals surface area contributed by atoms with Gasteiger partial charge in [-0.3, -0.25) is 9.69 Å². The lowest BCUT2D eigenvalue weighted by Crippen LogP contribution is -2.34. The van der Waals surface area contributed by atoms with Gasteiger partial charge in [-0.25, -0.2) is 0 Å². The zero-order chi connectivity index (χ0) is 19.2. The van der Waals surface area contributed by atoms with Crippen LogP contribution in [0.1, 0.15) is 17.2 Å². The normalized spacial score (nSPS) is 12.0. The second-order valence-electron chi connectivity index (χ2n) is 6.20. The molecule has 6 heteroatoms. The second-order valence-corrected chi connectivity index (χ2v) is 7.39. The molecular weight excluding hydrogens is 380 g/mol. The summed E-state index contributed by atoms with van der Waals surface area (Å²) in [6.07, 6.45) is 0. The van der Waals surface area contributed by atoms with Crippen LogP contribution >= 0.6 is 22.9 Å². The zero-order valence-electron chi connectivity index (χ0n) is 15.2. The first kappa shape index (κ1) is 19.4. The number of methoxy groups -OCH3 is 1. The molecule has 0 saturated heterocycles. The van der Waals surface area contributed by atoms with Crippen molar-refractivity contribution >= 4 is 34.5 Å². The fraction of sp³-hybridized carbons (Fsp3) is 0.190. The lowest BCUT2D eigenvalue weighted by Gasteiger charge is -2.27. The fourth-order valence-electron chi connectivity index (χ4n) is 2.96. The standard InChI is InChI=1S/C21H21ClN2O2S/c1-24(13-15-10-11-27-14-15)20(16-6-4-3-5-7-16)21(25)23-17-8-9-19(26-2)18(22)12-17/h3-12,14,20H,13H2,1-2H3,(H,23,25)/t20-/m1/s1. The number of likely N-dealkylation sites (N-methyl/N-ethyl adjacent to an activating group) is 1. The van der Waals surface area contributed by atoms with Crippen LogP contribution in [0.25, 0.3) is 0 Å². The summed E-state index contributed by atoms with van der Waals surface area (Å²) in [5.41, 5.74) is 2.76. The Labute approximate surface area is 168 Å². The molecule has 0 saturated carbocycles. The first-order chi connectivity index (χ1) is 13.1. The van der Waals surface area contributed by atoms with Crippen LogP contribution in [-0.4, -0.2) is 25.0 Å². The Morgan fingerprint density at radius 3 is 2.63 bits per heavy atom. The van der Waals surface area contributed by atoms with E-state index in [1.165, 1.54) is 5.56 Å². The van der Waals surface area contributed by atoms with E-state index in [1.807, 2.05) is 47.7 Å². The van der Waals surface area contributed by atoms with Gasteiger partial charge in [-0.05, 0) is 53.2 Å². The summed E-state index contributed by atoms with van der Waals surface area (Å²) in [5, 5.41) is 7.57. The minimum Gasteiger partial charge on any atom is -0.495 e. The highest BCUT2D eigenvalue weighted by molar-refractivity contribution is 7.07. The van der Waals surface area contributed by atoms with Crippen molar-refractivity contribution in [3.63, 3.8) is 0 Å². The Kier molecular flexibility index (Phi) is 6.50. The van der Waals surface area contributed by atoms with Gasteiger partial charge in [0.05, 0.1) is 12.1 Å². The maximum atomic E-state index is 13.1. The van der Waals surface area contributed by atoms with Crippen molar-refractivity contribution in [2.75, 3.05) is 19.5 Å².